The molecular weight excluding hydrogens is 301 g/mol. The Morgan fingerprint density at radius 1 is 1.35 bits per heavy atom. The largest absolute Gasteiger partial charge is 0.386 e. The van der Waals surface area contributed by atoms with E-state index in [1.165, 1.54) is 0 Å². The lowest BCUT2D eigenvalue weighted by Crippen LogP contribution is -2.34. The third-order valence-corrected chi connectivity index (χ3v) is 3.12. The van der Waals surface area contributed by atoms with Crippen LogP contribution in [0.2, 0.25) is 10.0 Å². The number of benzene rings is 1. The molecule has 112 valence electrons. The molecule has 1 aromatic rings. The summed E-state index contributed by atoms with van der Waals surface area (Å²) in [5.74, 6) is -0.304. The van der Waals surface area contributed by atoms with Gasteiger partial charge in [-0.05, 0) is 32.9 Å². The van der Waals surface area contributed by atoms with Crippen molar-refractivity contribution < 1.29 is 14.6 Å². The quantitative estimate of drug-likeness (QED) is 0.877. The van der Waals surface area contributed by atoms with Crippen LogP contribution in [-0.2, 0) is 9.53 Å². The Labute approximate surface area is 129 Å². The number of hydrogen-bond acceptors (Lipinski definition) is 3. The van der Waals surface area contributed by atoms with E-state index in [0.29, 0.717) is 15.6 Å². The normalized spacial score (nSPS) is 13.1. The van der Waals surface area contributed by atoms with Gasteiger partial charge in [-0.15, -0.1) is 0 Å². The third-order valence-electron chi connectivity index (χ3n) is 2.46. The first kappa shape index (κ1) is 17.2. The van der Waals surface area contributed by atoms with E-state index >= 15 is 0 Å². The van der Waals surface area contributed by atoms with E-state index in [1.54, 1.807) is 18.2 Å². The van der Waals surface area contributed by atoms with E-state index in [9.17, 15) is 9.90 Å². The minimum absolute atomic E-state index is 0.0236. The number of rotatable bonds is 5. The second kappa shape index (κ2) is 7.27. The topological polar surface area (TPSA) is 58.6 Å². The molecule has 1 aromatic carbocycles. The number of hydrogen-bond donors (Lipinski definition) is 2. The molecule has 1 rings (SSSR count). The maximum Gasteiger partial charge on any atom is 0.246 e. The van der Waals surface area contributed by atoms with E-state index in [0.717, 1.165) is 0 Å². The minimum atomic E-state index is -0.963. The van der Waals surface area contributed by atoms with Gasteiger partial charge < -0.3 is 15.2 Å². The zero-order chi connectivity index (χ0) is 15.3. The van der Waals surface area contributed by atoms with E-state index in [2.05, 4.69) is 5.32 Å². The van der Waals surface area contributed by atoms with Gasteiger partial charge in [0, 0.05) is 22.2 Å². The van der Waals surface area contributed by atoms with Gasteiger partial charge in [-0.1, -0.05) is 29.3 Å². The van der Waals surface area contributed by atoms with Gasteiger partial charge in [-0.3, -0.25) is 4.79 Å². The van der Waals surface area contributed by atoms with Crippen LogP contribution in [0.4, 0.5) is 0 Å². The molecule has 20 heavy (non-hydrogen) atoms. The zero-order valence-electron chi connectivity index (χ0n) is 11.7. The summed E-state index contributed by atoms with van der Waals surface area (Å²) >= 11 is 12.0. The Morgan fingerprint density at radius 2 is 1.90 bits per heavy atom. The Kier molecular flexibility index (Phi) is 6.27. The van der Waals surface area contributed by atoms with Crippen LogP contribution >= 0.6 is 23.2 Å². The molecule has 1 atom stereocenters. The summed E-state index contributed by atoms with van der Waals surface area (Å²) in [4.78, 5) is 11.6. The Balaban J connectivity index is 2.51. The van der Waals surface area contributed by atoms with Gasteiger partial charge in [0.15, 0.2) is 0 Å². The predicted octanol–water partition coefficient (Wildman–Crippen LogP) is 2.96. The van der Waals surface area contributed by atoms with Gasteiger partial charge in [0.1, 0.15) is 6.61 Å². The van der Waals surface area contributed by atoms with Crippen LogP contribution in [0.5, 0.6) is 0 Å². The standard InChI is InChI=1S/C14H19Cl2NO3/c1-14(2,3)20-8-12(19)17-7-11(18)13-9(15)5-4-6-10(13)16/h4-6,11,18H,7-8H2,1-3H3,(H,17,19). The molecule has 0 aliphatic heterocycles. The van der Waals surface area contributed by atoms with Crippen LogP contribution in [0.15, 0.2) is 18.2 Å². The predicted molar refractivity (Wildman–Crippen MR) is 80.1 cm³/mol. The van der Waals surface area contributed by atoms with Crippen molar-refractivity contribution in [2.75, 3.05) is 13.2 Å². The summed E-state index contributed by atoms with van der Waals surface area (Å²) in [6.07, 6.45) is -0.963. The Hall–Kier alpha value is -0.810. The molecular formula is C14H19Cl2NO3. The lowest BCUT2D eigenvalue weighted by molar-refractivity contribution is -0.131. The summed E-state index contributed by atoms with van der Waals surface area (Å²) in [5.41, 5.74) is 0.0232. The van der Waals surface area contributed by atoms with Crippen LogP contribution < -0.4 is 5.32 Å². The van der Waals surface area contributed by atoms with Crippen molar-refractivity contribution in [3.63, 3.8) is 0 Å². The molecule has 6 heteroatoms. The van der Waals surface area contributed by atoms with Crippen LogP contribution in [0.1, 0.15) is 32.4 Å². The molecule has 1 amide bonds. The maximum absolute atomic E-state index is 11.6. The zero-order valence-corrected chi connectivity index (χ0v) is 13.3. The van der Waals surface area contributed by atoms with Gasteiger partial charge in [-0.2, -0.15) is 0 Å². The third kappa shape index (κ3) is 5.67. The monoisotopic (exact) mass is 319 g/mol. The maximum atomic E-state index is 11.6. The summed E-state index contributed by atoms with van der Waals surface area (Å²) in [5, 5.41) is 13.3. The van der Waals surface area contributed by atoms with Crippen LogP contribution in [-0.4, -0.2) is 29.8 Å². The highest BCUT2D eigenvalue weighted by Crippen LogP contribution is 2.29. The average molecular weight is 320 g/mol. The van der Waals surface area contributed by atoms with Gasteiger partial charge >= 0.3 is 0 Å². The van der Waals surface area contributed by atoms with Crippen molar-refractivity contribution in [3.05, 3.63) is 33.8 Å². The second-order valence-corrected chi connectivity index (χ2v) is 6.17. The molecule has 0 aliphatic carbocycles. The molecule has 0 aromatic heterocycles. The molecule has 0 saturated carbocycles. The molecule has 0 radical (unpaired) electrons. The van der Waals surface area contributed by atoms with Crippen molar-refractivity contribution in [2.24, 2.45) is 0 Å². The van der Waals surface area contributed by atoms with Crippen molar-refractivity contribution >= 4 is 29.1 Å². The first-order chi connectivity index (χ1) is 9.20. The Morgan fingerprint density at radius 3 is 2.40 bits per heavy atom. The lowest BCUT2D eigenvalue weighted by atomic mass is 10.1. The highest BCUT2D eigenvalue weighted by atomic mass is 35.5. The highest BCUT2D eigenvalue weighted by Gasteiger charge is 2.17. The average Bonchev–Trinajstić information content (AvgIpc) is 2.32. The lowest BCUT2D eigenvalue weighted by Gasteiger charge is -2.20. The number of halogens is 2. The molecule has 0 bridgehead atoms. The Bertz CT molecular complexity index is 452. The van der Waals surface area contributed by atoms with E-state index in [1.807, 2.05) is 20.8 Å². The second-order valence-electron chi connectivity index (χ2n) is 5.36. The van der Waals surface area contributed by atoms with Crippen molar-refractivity contribution in [1.82, 2.24) is 5.32 Å². The number of aliphatic hydroxyl groups is 1. The number of nitrogens with one attached hydrogen (secondary N) is 1. The summed E-state index contributed by atoms with van der Waals surface area (Å²) in [6.45, 7) is 5.54. The highest BCUT2D eigenvalue weighted by molar-refractivity contribution is 6.36. The molecule has 2 N–H and O–H groups in total. The van der Waals surface area contributed by atoms with Crippen molar-refractivity contribution in [2.45, 2.75) is 32.5 Å². The number of carbonyl (C=O) groups excluding carboxylic acids is 1. The van der Waals surface area contributed by atoms with Gasteiger partial charge in [0.05, 0.1) is 11.7 Å². The number of amides is 1. The molecule has 0 aliphatic rings. The minimum Gasteiger partial charge on any atom is -0.386 e. The summed E-state index contributed by atoms with van der Waals surface area (Å²) in [7, 11) is 0. The summed E-state index contributed by atoms with van der Waals surface area (Å²) in [6, 6.07) is 4.96. The van der Waals surface area contributed by atoms with E-state index < -0.39 is 6.10 Å². The fourth-order valence-corrected chi connectivity index (χ4v) is 2.12. The fraction of sp³-hybridized carbons (Fsp3) is 0.500. The van der Waals surface area contributed by atoms with Gasteiger partial charge in [0.25, 0.3) is 0 Å². The first-order valence-electron chi connectivity index (χ1n) is 6.23. The SMILES string of the molecule is CC(C)(C)OCC(=O)NCC(O)c1c(Cl)cccc1Cl. The molecule has 0 heterocycles. The fourth-order valence-electron chi connectivity index (χ4n) is 1.47. The molecule has 0 fully saturated rings. The number of ether oxygens (including phenoxy) is 1. The van der Waals surface area contributed by atoms with Gasteiger partial charge in [0.2, 0.25) is 5.91 Å². The molecule has 0 spiro atoms. The van der Waals surface area contributed by atoms with E-state index in [-0.39, 0.29) is 24.7 Å². The first-order valence-corrected chi connectivity index (χ1v) is 6.99. The smallest absolute Gasteiger partial charge is 0.246 e. The summed E-state index contributed by atoms with van der Waals surface area (Å²) < 4.78 is 5.33. The van der Waals surface area contributed by atoms with Crippen LogP contribution in [0.25, 0.3) is 0 Å². The van der Waals surface area contributed by atoms with Crippen molar-refractivity contribution in [3.8, 4) is 0 Å². The van der Waals surface area contributed by atoms with Gasteiger partial charge in [-0.25, -0.2) is 0 Å². The molecule has 1 unspecified atom stereocenters. The molecule has 0 saturated heterocycles. The van der Waals surface area contributed by atoms with Crippen molar-refractivity contribution in [1.29, 1.82) is 0 Å². The van der Waals surface area contributed by atoms with Crippen LogP contribution in [0.3, 0.4) is 0 Å². The van der Waals surface area contributed by atoms with Crippen LogP contribution in [0, 0.1) is 0 Å². The number of aliphatic hydroxyl groups excluding tert-OH is 1. The van der Waals surface area contributed by atoms with E-state index in [4.69, 9.17) is 27.9 Å². The number of carbonyl (C=O) groups is 1. The molecule has 4 nitrogen and oxygen atoms in total.